The number of carbonyl (C=O) groups excluding carboxylic acids is 2. The van der Waals surface area contributed by atoms with Gasteiger partial charge in [0.1, 0.15) is 6.61 Å². The first-order chi connectivity index (χ1) is 20.8. The molecule has 5 rings (SSSR count). The van der Waals surface area contributed by atoms with Crippen molar-refractivity contribution >= 4 is 35.0 Å². The number of esters is 2. The van der Waals surface area contributed by atoms with Crippen LogP contribution in [-0.4, -0.2) is 36.7 Å². The number of nitrogens with zero attached hydrogens (tertiary/aromatic N) is 3. The molecule has 0 saturated heterocycles. The highest BCUT2D eigenvalue weighted by atomic mass is 32.1. The van der Waals surface area contributed by atoms with Gasteiger partial charge in [0.2, 0.25) is 0 Å². The van der Waals surface area contributed by atoms with Crippen molar-refractivity contribution in [2.45, 2.75) is 33.4 Å². The number of fused-ring (bicyclic) bond motifs is 1. The number of carbonyl (C=O) groups is 2. The summed E-state index contributed by atoms with van der Waals surface area (Å²) < 4.78 is 12.6. The van der Waals surface area contributed by atoms with Gasteiger partial charge in [-0.1, -0.05) is 65.9 Å². The van der Waals surface area contributed by atoms with Gasteiger partial charge in [-0.2, -0.15) is 0 Å². The summed E-state index contributed by atoms with van der Waals surface area (Å²) in [6.07, 6.45) is 1.85. The molecule has 0 amide bonds. The summed E-state index contributed by atoms with van der Waals surface area (Å²) in [7, 11) is 1.32. The van der Waals surface area contributed by atoms with Crippen molar-refractivity contribution in [2.24, 2.45) is 4.99 Å². The van der Waals surface area contributed by atoms with E-state index in [1.54, 1.807) is 35.8 Å². The van der Waals surface area contributed by atoms with Gasteiger partial charge in [0.25, 0.3) is 5.56 Å². The summed E-state index contributed by atoms with van der Waals surface area (Å²) in [5, 5.41) is 0. The zero-order chi connectivity index (χ0) is 30.5. The molecule has 0 spiro atoms. The lowest BCUT2D eigenvalue weighted by atomic mass is 9.95. The number of aromatic nitrogens is 1. The van der Waals surface area contributed by atoms with E-state index in [2.05, 4.69) is 23.7 Å². The summed E-state index contributed by atoms with van der Waals surface area (Å²) in [6.45, 7) is 7.88. The van der Waals surface area contributed by atoms with Crippen molar-refractivity contribution < 1.29 is 19.1 Å². The van der Waals surface area contributed by atoms with Crippen molar-refractivity contribution in [3.8, 4) is 0 Å². The maximum atomic E-state index is 14.0. The summed E-state index contributed by atoms with van der Waals surface area (Å²) in [4.78, 5) is 47.1. The molecule has 4 aromatic rings. The first-order valence-corrected chi connectivity index (χ1v) is 14.9. The first-order valence-electron chi connectivity index (χ1n) is 14.1. The normalized spacial score (nSPS) is 14.6. The molecule has 1 aromatic heterocycles. The molecule has 3 aromatic carbocycles. The smallest absolute Gasteiger partial charge is 0.338 e. The monoisotopic (exact) mass is 595 g/mol. The molecule has 0 saturated carbocycles. The van der Waals surface area contributed by atoms with Crippen LogP contribution >= 0.6 is 11.3 Å². The van der Waals surface area contributed by atoms with Gasteiger partial charge in [0.05, 0.1) is 34.5 Å². The largest absolute Gasteiger partial charge is 0.465 e. The van der Waals surface area contributed by atoms with E-state index in [-0.39, 0.29) is 17.7 Å². The van der Waals surface area contributed by atoms with Crippen LogP contribution in [0.2, 0.25) is 0 Å². The van der Waals surface area contributed by atoms with E-state index >= 15 is 0 Å². The van der Waals surface area contributed by atoms with Gasteiger partial charge in [-0.15, -0.1) is 0 Å². The Hall–Kier alpha value is -4.76. The van der Waals surface area contributed by atoms with E-state index in [0.29, 0.717) is 26.2 Å². The van der Waals surface area contributed by atoms with Crippen LogP contribution in [0.25, 0.3) is 6.08 Å². The average molecular weight is 596 g/mol. The second-order valence-corrected chi connectivity index (χ2v) is 11.0. The number of ether oxygens (including phenoxy) is 2. The van der Waals surface area contributed by atoms with Crippen LogP contribution in [-0.2, 0) is 20.9 Å². The minimum Gasteiger partial charge on any atom is -0.465 e. The summed E-state index contributed by atoms with van der Waals surface area (Å²) in [5.74, 6) is -1.04. The zero-order valence-corrected chi connectivity index (χ0v) is 25.4. The molecule has 1 atom stereocenters. The van der Waals surface area contributed by atoms with Crippen LogP contribution in [0.5, 0.6) is 0 Å². The lowest BCUT2D eigenvalue weighted by Crippen LogP contribution is -2.39. The predicted molar refractivity (Wildman–Crippen MR) is 168 cm³/mol. The Kier molecular flexibility index (Phi) is 9.01. The minimum atomic E-state index is -0.793. The Morgan fingerprint density at radius 2 is 1.63 bits per heavy atom. The summed E-state index contributed by atoms with van der Waals surface area (Å²) >= 11 is 1.27. The molecule has 43 heavy (non-hydrogen) atoms. The van der Waals surface area contributed by atoms with Gasteiger partial charge < -0.3 is 14.4 Å². The molecule has 1 unspecified atom stereocenters. The van der Waals surface area contributed by atoms with Crippen molar-refractivity contribution in [2.75, 3.05) is 25.1 Å². The predicted octanol–water partition coefficient (Wildman–Crippen LogP) is 4.61. The molecule has 0 fully saturated rings. The minimum absolute atomic E-state index is 0.0817. The van der Waals surface area contributed by atoms with Gasteiger partial charge >= 0.3 is 11.9 Å². The van der Waals surface area contributed by atoms with Crippen LogP contribution < -0.4 is 19.8 Å². The fourth-order valence-corrected chi connectivity index (χ4v) is 6.19. The van der Waals surface area contributed by atoms with E-state index in [0.717, 1.165) is 29.9 Å². The first kappa shape index (κ1) is 29.7. The maximum absolute atomic E-state index is 14.0. The molecule has 0 aliphatic carbocycles. The average Bonchev–Trinajstić information content (AvgIpc) is 3.34. The Balaban J connectivity index is 1.58. The van der Waals surface area contributed by atoms with Crippen molar-refractivity contribution in [3.63, 3.8) is 0 Å². The van der Waals surface area contributed by atoms with Crippen molar-refractivity contribution in [1.82, 2.24) is 4.57 Å². The van der Waals surface area contributed by atoms with E-state index in [1.807, 2.05) is 60.7 Å². The third-order valence-corrected chi connectivity index (χ3v) is 8.40. The zero-order valence-electron chi connectivity index (χ0n) is 24.6. The summed E-state index contributed by atoms with van der Waals surface area (Å²) in [6, 6.07) is 23.4. The van der Waals surface area contributed by atoms with Crippen LogP contribution in [0.3, 0.4) is 0 Å². The van der Waals surface area contributed by atoms with Gasteiger partial charge in [0, 0.05) is 18.8 Å². The lowest BCUT2D eigenvalue weighted by molar-refractivity contribution is -0.140. The molecular formula is C34H33N3O5S. The molecule has 1 aliphatic rings. The summed E-state index contributed by atoms with van der Waals surface area (Å²) in [5.41, 5.74) is 4.33. The standard InChI is InChI=1S/C34H33N3O5S/c1-5-36(6-2)27-18-12-23(13-19-27)20-28-31(38)37-30(25-14-16-26(17-15-25)32(39)41-4)29(22(3)35-34(37)43-28)33(40)42-21-24-10-8-7-9-11-24/h7-20,30H,5-6,21H2,1-4H3. The van der Waals surface area contributed by atoms with Crippen LogP contribution in [0.4, 0.5) is 5.69 Å². The molecule has 1 aliphatic heterocycles. The Labute approximate surface area is 253 Å². The van der Waals surface area contributed by atoms with Crippen LogP contribution in [0.15, 0.2) is 99.9 Å². The third-order valence-electron chi connectivity index (χ3n) is 7.42. The van der Waals surface area contributed by atoms with Gasteiger partial charge in [-0.3, -0.25) is 9.36 Å². The fourth-order valence-electron chi connectivity index (χ4n) is 5.14. The number of hydrogen-bond donors (Lipinski definition) is 0. The second-order valence-electron chi connectivity index (χ2n) is 10.0. The van der Waals surface area contributed by atoms with E-state index in [4.69, 9.17) is 9.47 Å². The number of thiazole rings is 1. The van der Waals surface area contributed by atoms with E-state index < -0.39 is 18.0 Å². The Morgan fingerprint density at radius 1 is 0.953 bits per heavy atom. The molecule has 9 heteroatoms. The molecule has 0 radical (unpaired) electrons. The Bertz CT molecular complexity index is 1840. The van der Waals surface area contributed by atoms with Gasteiger partial charge in [-0.25, -0.2) is 14.6 Å². The van der Waals surface area contributed by atoms with Crippen molar-refractivity contribution in [1.29, 1.82) is 0 Å². The topological polar surface area (TPSA) is 90.2 Å². The molecule has 2 heterocycles. The number of hydrogen-bond acceptors (Lipinski definition) is 8. The molecule has 0 N–H and O–H groups in total. The number of anilines is 1. The number of rotatable bonds is 9. The van der Waals surface area contributed by atoms with Crippen molar-refractivity contribution in [3.05, 3.63) is 132 Å². The SMILES string of the molecule is CCN(CC)c1ccc(C=c2sc3n(c2=O)C(c2ccc(C(=O)OC)cc2)C(C(=O)OCc2ccccc2)=C(C)N=3)cc1. The number of methoxy groups -OCH3 is 1. The van der Waals surface area contributed by atoms with Crippen LogP contribution in [0, 0.1) is 0 Å². The quantitative estimate of drug-likeness (QED) is 0.263. The highest BCUT2D eigenvalue weighted by Crippen LogP contribution is 2.31. The highest BCUT2D eigenvalue weighted by molar-refractivity contribution is 7.07. The maximum Gasteiger partial charge on any atom is 0.338 e. The van der Waals surface area contributed by atoms with E-state index in [1.165, 1.54) is 18.4 Å². The molecule has 220 valence electrons. The fraction of sp³-hybridized carbons (Fsp3) is 0.235. The third kappa shape index (κ3) is 6.22. The second kappa shape index (κ2) is 13.0. The lowest BCUT2D eigenvalue weighted by Gasteiger charge is -2.25. The van der Waals surface area contributed by atoms with Crippen LogP contribution in [0.1, 0.15) is 53.9 Å². The number of allylic oxidation sites excluding steroid dienone is 1. The molecular weight excluding hydrogens is 562 g/mol. The van der Waals surface area contributed by atoms with Gasteiger partial charge in [0.15, 0.2) is 4.80 Å². The van der Waals surface area contributed by atoms with Gasteiger partial charge in [-0.05, 0) is 67.8 Å². The van der Waals surface area contributed by atoms with E-state index in [9.17, 15) is 14.4 Å². The Morgan fingerprint density at radius 3 is 2.26 bits per heavy atom. The highest BCUT2D eigenvalue weighted by Gasteiger charge is 2.33. The molecule has 8 nitrogen and oxygen atoms in total. The molecule has 0 bridgehead atoms. The number of benzene rings is 3.